The highest BCUT2D eigenvalue weighted by molar-refractivity contribution is 7.74. The monoisotopic (exact) mass is 435 g/mol. The van der Waals surface area contributed by atoms with E-state index in [0.29, 0.717) is 13.1 Å². The molecule has 1 N–H and O–H groups in total. The number of ether oxygens (including phenoxy) is 1. The molecule has 0 amide bonds. The third kappa shape index (κ3) is 4.16. The van der Waals surface area contributed by atoms with Crippen LogP contribution in [-0.2, 0) is 4.79 Å². The Hall–Kier alpha value is -2.88. The number of para-hydroxylation sites is 2. The van der Waals surface area contributed by atoms with E-state index in [0.717, 1.165) is 22.7 Å². The highest BCUT2D eigenvalue weighted by Gasteiger charge is 2.62. The number of methoxy groups -OCH3 is 1. The minimum atomic E-state index is -2.99. The number of benzene rings is 3. The SMILES string of the molecule is COc1ccc(C(CC(C)=O)[P+]2(O)N(c3ccccc3)CCN2c2ccccc2)cc1. The van der Waals surface area contributed by atoms with Crippen LogP contribution in [0.1, 0.15) is 24.6 Å². The van der Waals surface area contributed by atoms with Crippen LogP contribution in [0, 0.1) is 0 Å². The number of hydrogen-bond acceptors (Lipinski definition) is 5. The summed E-state index contributed by atoms with van der Waals surface area (Å²) < 4.78 is 9.57. The Morgan fingerprint density at radius 3 is 1.81 bits per heavy atom. The van der Waals surface area contributed by atoms with E-state index in [4.69, 9.17) is 4.74 Å². The number of ketones is 1. The summed E-state index contributed by atoms with van der Waals surface area (Å²) >= 11 is 0. The lowest BCUT2D eigenvalue weighted by Gasteiger charge is -2.37. The van der Waals surface area contributed by atoms with Gasteiger partial charge < -0.3 is 4.74 Å². The Balaban J connectivity index is 1.86. The molecule has 6 heteroatoms. The molecule has 1 atom stereocenters. The van der Waals surface area contributed by atoms with Crippen molar-refractivity contribution in [3.63, 3.8) is 0 Å². The van der Waals surface area contributed by atoms with Crippen molar-refractivity contribution >= 4 is 24.9 Å². The van der Waals surface area contributed by atoms with E-state index in [1.54, 1.807) is 14.0 Å². The van der Waals surface area contributed by atoms with Crippen molar-refractivity contribution in [1.29, 1.82) is 0 Å². The zero-order chi connectivity index (χ0) is 21.8. The fraction of sp³-hybridized carbons (Fsp3) is 0.240. The quantitative estimate of drug-likeness (QED) is 0.497. The van der Waals surface area contributed by atoms with Crippen LogP contribution in [0.3, 0.4) is 0 Å². The Morgan fingerprint density at radius 1 is 0.903 bits per heavy atom. The van der Waals surface area contributed by atoms with Crippen molar-refractivity contribution < 1.29 is 14.4 Å². The molecule has 4 rings (SSSR count). The molecule has 5 nitrogen and oxygen atoms in total. The summed E-state index contributed by atoms with van der Waals surface area (Å²) in [4.78, 5) is 25.0. The van der Waals surface area contributed by atoms with E-state index < -0.39 is 7.79 Å². The van der Waals surface area contributed by atoms with Crippen molar-refractivity contribution in [2.75, 3.05) is 29.5 Å². The number of anilines is 2. The van der Waals surface area contributed by atoms with Gasteiger partial charge in [-0.2, -0.15) is 0 Å². The van der Waals surface area contributed by atoms with Crippen LogP contribution in [0.5, 0.6) is 5.75 Å². The molecule has 1 heterocycles. The Morgan fingerprint density at radius 2 is 1.39 bits per heavy atom. The summed E-state index contributed by atoms with van der Waals surface area (Å²) in [6.07, 6.45) is 0.267. The summed E-state index contributed by atoms with van der Waals surface area (Å²) in [5, 5.41) is 0. The van der Waals surface area contributed by atoms with Gasteiger partial charge in [-0.3, -0.25) is 4.79 Å². The number of carbonyl (C=O) groups excluding carboxylic acids is 1. The first-order valence-corrected chi connectivity index (χ1v) is 12.2. The lowest BCUT2D eigenvalue weighted by atomic mass is 10.1. The molecule has 31 heavy (non-hydrogen) atoms. The predicted octanol–water partition coefficient (Wildman–Crippen LogP) is 5.50. The summed E-state index contributed by atoms with van der Waals surface area (Å²) in [6, 6.07) is 27.7. The van der Waals surface area contributed by atoms with E-state index in [1.165, 1.54) is 0 Å². The molecule has 0 radical (unpaired) electrons. The minimum absolute atomic E-state index is 0.0576. The summed E-state index contributed by atoms with van der Waals surface area (Å²) in [5.41, 5.74) is 2.53. The average Bonchev–Trinajstić information content (AvgIpc) is 3.16. The second-order valence-electron chi connectivity index (χ2n) is 7.73. The van der Waals surface area contributed by atoms with Crippen molar-refractivity contribution in [1.82, 2.24) is 0 Å². The maximum absolute atomic E-state index is 12.6. The largest absolute Gasteiger partial charge is 0.497 e. The van der Waals surface area contributed by atoms with Gasteiger partial charge in [0, 0.05) is 0 Å². The molecule has 1 aliphatic heterocycles. The molecule has 3 aromatic carbocycles. The van der Waals surface area contributed by atoms with Gasteiger partial charge in [-0.1, -0.05) is 48.5 Å². The topological polar surface area (TPSA) is 53.0 Å². The molecule has 160 valence electrons. The molecule has 1 fully saturated rings. The van der Waals surface area contributed by atoms with E-state index in [-0.39, 0.29) is 17.9 Å². The molecule has 1 unspecified atom stereocenters. The zero-order valence-corrected chi connectivity index (χ0v) is 18.8. The summed E-state index contributed by atoms with van der Waals surface area (Å²) in [6.45, 7) is 2.97. The van der Waals surface area contributed by atoms with Crippen LogP contribution < -0.4 is 14.1 Å². The third-order valence-corrected chi connectivity index (χ3v) is 9.34. The van der Waals surface area contributed by atoms with Gasteiger partial charge in [-0.25, -0.2) is 14.2 Å². The first-order chi connectivity index (χ1) is 15.0. The molecule has 0 bridgehead atoms. The maximum atomic E-state index is 12.6. The Kier molecular flexibility index (Phi) is 6.26. The van der Waals surface area contributed by atoms with Gasteiger partial charge in [0.25, 0.3) is 0 Å². The summed E-state index contributed by atoms with van der Waals surface area (Å²) in [5.74, 6) is 0.809. The molecule has 3 aromatic rings. The van der Waals surface area contributed by atoms with Gasteiger partial charge in [0.15, 0.2) is 5.66 Å². The first-order valence-electron chi connectivity index (χ1n) is 10.4. The number of carbonyl (C=O) groups is 1. The molecular weight excluding hydrogens is 407 g/mol. The van der Waals surface area contributed by atoms with E-state index in [2.05, 4.69) is 9.34 Å². The van der Waals surface area contributed by atoms with Crippen LogP contribution in [0.4, 0.5) is 11.4 Å². The fourth-order valence-electron chi connectivity index (χ4n) is 4.29. The van der Waals surface area contributed by atoms with Crippen molar-refractivity contribution in [2.45, 2.75) is 19.0 Å². The van der Waals surface area contributed by atoms with Crippen molar-refractivity contribution in [3.8, 4) is 5.75 Å². The molecule has 1 aliphatic rings. The van der Waals surface area contributed by atoms with E-state index in [1.807, 2.05) is 84.9 Å². The number of Topliss-reactive ketones (excluding diaryl/α,β-unsaturated/α-hetero) is 1. The minimum Gasteiger partial charge on any atom is -0.497 e. The fourth-order valence-corrected chi connectivity index (χ4v) is 8.01. The molecular formula is C25H28N2O3P+. The highest BCUT2D eigenvalue weighted by Crippen LogP contribution is 2.76. The van der Waals surface area contributed by atoms with Gasteiger partial charge in [0.1, 0.15) is 11.5 Å². The first kappa shape index (κ1) is 21.4. The maximum Gasteiger partial charge on any atom is 0.339 e. The molecule has 0 aromatic heterocycles. The van der Waals surface area contributed by atoms with Gasteiger partial charge >= 0.3 is 7.79 Å². The normalized spacial score (nSPS) is 16.2. The van der Waals surface area contributed by atoms with Crippen molar-refractivity contribution in [2.24, 2.45) is 0 Å². The molecule has 0 aliphatic carbocycles. The van der Waals surface area contributed by atoms with E-state index >= 15 is 0 Å². The van der Waals surface area contributed by atoms with Gasteiger partial charge in [0.05, 0.1) is 38.0 Å². The predicted molar refractivity (Wildman–Crippen MR) is 128 cm³/mol. The highest BCUT2D eigenvalue weighted by atomic mass is 31.2. The number of rotatable bonds is 7. The van der Waals surface area contributed by atoms with Crippen LogP contribution in [-0.4, -0.2) is 30.9 Å². The van der Waals surface area contributed by atoms with Crippen LogP contribution in [0.2, 0.25) is 0 Å². The molecule has 0 spiro atoms. The Labute approximate surface area is 184 Å². The number of nitrogens with zero attached hydrogens (tertiary/aromatic N) is 2. The summed E-state index contributed by atoms with van der Waals surface area (Å²) in [7, 11) is -1.36. The number of hydrogen-bond donors (Lipinski definition) is 1. The van der Waals surface area contributed by atoms with Gasteiger partial charge in [-0.15, -0.1) is 0 Å². The van der Waals surface area contributed by atoms with Gasteiger partial charge in [0.2, 0.25) is 0 Å². The lowest BCUT2D eigenvalue weighted by molar-refractivity contribution is -0.117. The van der Waals surface area contributed by atoms with E-state index in [9.17, 15) is 9.69 Å². The average molecular weight is 435 g/mol. The second kappa shape index (κ2) is 9.09. The Bertz CT molecular complexity index is 964. The van der Waals surface area contributed by atoms with Gasteiger partial charge in [-0.05, 0) is 48.9 Å². The molecule has 0 saturated carbocycles. The smallest absolute Gasteiger partial charge is 0.339 e. The van der Waals surface area contributed by atoms with Crippen LogP contribution in [0.15, 0.2) is 84.9 Å². The zero-order valence-electron chi connectivity index (χ0n) is 17.9. The molecule has 1 saturated heterocycles. The lowest BCUT2D eigenvalue weighted by Crippen LogP contribution is -2.30. The standard InChI is InChI=1S/C25H28N2O3P/c1-20(28)19-25(21-13-15-24(30-2)16-14-21)31(29)26(22-9-5-3-6-10-22)17-18-27(31)23-11-7-4-8-12-23/h3-16,25,29H,17-19H2,1-2H3/q+1. The third-order valence-electron chi connectivity index (χ3n) is 5.74. The second-order valence-corrected chi connectivity index (χ2v) is 10.5. The van der Waals surface area contributed by atoms with Crippen molar-refractivity contribution in [3.05, 3.63) is 90.5 Å². The van der Waals surface area contributed by atoms with Crippen LogP contribution in [0.25, 0.3) is 0 Å². The van der Waals surface area contributed by atoms with Crippen LogP contribution >= 0.6 is 7.79 Å².